The van der Waals surface area contributed by atoms with Crippen LogP contribution in [0.15, 0.2) is 6.07 Å². The fraction of sp³-hybridized carbons (Fsp3) is 0.143. The minimum absolute atomic E-state index is 0.483. The highest BCUT2D eigenvalue weighted by Crippen LogP contribution is 2.35. The first kappa shape index (κ1) is 10.2. The Morgan fingerprint density at radius 2 is 2.07 bits per heavy atom. The van der Waals surface area contributed by atoms with Crippen molar-refractivity contribution in [1.82, 2.24) is 0 Å². The van der Waals surface area contributed by atoms with Crippen LogP contribution in [0.4, 0.5) is 14.5 Å². The molecule has 0 spiro atoms. The second-order valence-corrected chi connectivity index (χ2v) is 2.33. The number of halogens is 2. The molecule has 0 aliphatic carbocycles. The predicted octanol–water partition coefficient (Wildman–Crippen LogP) is 1.59. The topological polar surface area (TPSA) is 72.6 Å². The largest absolute Gasteiger partial charge is 0.504 e. The summed E-state index contributed by atoms with van der Waals surface area (Å²) in [6.07, 6.45) is 0. The van der Waals surface area contributed by atoms with Gasteiger partial charge >= 0.3 is 5.69 Å². The van der Waals surface area contributed by atoms with Crippen LogP contribution in [0.25, 0.3) is 0 Å². The predicted molar refractivity (Wildman–Crippen MR) is 41.2 cm³/mol. The number of nitro benzene ring substituents is 1. The smallest absolute Gasteiger partial charge is 0.311 e. The van der Waals surface area contributed by atoms with Gasteiger partial charge in [-0.3, -0.25) is 10.1 Å². The molecule has 7 heteroatoms. The summed E-state index contributed by atoms with van der Waals surface area (Å²) in [6, 6.07) is 0.483. The van der Waals surface area contributed by atoms with Gasteiger partial charge in [0.2, 0.25) is 11.6 Å². The Bertz CT molecular complexity index is 394. The second-order valence-electron chi connectivity index (χ2n) is 2.33. The number of rotatable bonds is 2. The molecule has 76 valence electrons. The summed E-state index contributed by atoms with van der Waals surface area (Å²) in [5, 5.41) is 19.2. The minimum atomic E-state index is -1.66. The Balaban J connectivity index is 3.47. The first-order chi connectivity index (χ1) is 6.49. The van der Waals surface area contributed by atoms with Gasteiger partial charge in [-0.25, -0.2) is 0 Å². The molecule has 0 heterocycles. The molecule has 0 aromatic heterocycles. The van der Waals surface area contributed by atoms with Crippen LogP contribution < -0.4 is 4.74 Å². The maximum atomic E-state index is 12.9. The Hall–Kier alpha value is -1.92. The molecule has 0 aliphatic heterocycles. The number of nitrogens with zero attached hydrogens (tertiary/aromatic N) is 1. The van der Waals surface area contributed by atoms with Gasteiger partial charge in [0.15, 0.2) is 11.5 Å². The van der Waals surface area contributed by atoms with Gasteiger partial charge < -0.3 is 9.84 Å². The molecule has 0 aliphatic rings. The average Bonchev–Trinajstić information content (AvgIpc) is 2.12. The summed E-state index contributed by atoms with van der Waals surface area (Å²) in [4.78, 5) is 9.03. The molecule has 0 atom stereocenters. The van der Waals surface area contributed by atoms with Crippen LogP contribution >= 0.6 is 0 Å². The summed E-state index contributed by atoms with van der Waals surface area (Å²) < 4.78 is 30.1. The van der Waals surface area contributed by atoms with Crippen molar-refractivity contribution in [2.24, 2.45) is 0 Å². The van der Waals surface area contributed by atoms with E-state index in [-0.39, 0.29) is 0 Å². The van der Waals surface area contributed by atoms with Crippen molar-refractivity contribution < 1.29 is 23.5 Å². The van der Waals surface area contributed by atoms with Gasteiger partial charge in [-0.2, -0.15) is 8.78 Å². The molecule has 0 saturated heterocycles. The van der Waals surface area contributed by atoms with Gasteiger partial charge in [0.25, 0.3) is 0 Å². The summed E-state index contributed by atoms with van der Waals surface area (Å²) in [6.45, 7) is 0. The first-order valence-corrected chi connectivity index (χ1v) is 3.38. The number of nitro groups is 1. The molecule has 0 amide bonds. The highest BCUT2D eigenvalue weighted by molar-refractivity contribution is 5.49. The summed E-state index contributed by atoms with van der Waals surface area (Å²) in [5.74, 6) is -4.82. The standard InChI is InChI=1S/C7H5F2NO4/c1-14-7-4(11)2-3(10(12)13)5(8)6(7)9/h2,11H,1H3. The fourth-order valence-electron chi connectivity index (χ4n) is 0.910. The van der Waals surface area contributed by atoms with Crippen molar-refractivity contribution in [3.05, 3.63) is 27.8 Å². The SMILES string of the molecule is COc1c(O)cc([N+](=O)[O-])c(F)c1F. The van der Waals surface area contributed by atoms with Gasteiger partial charge in [-0.1, -0.05) is 0 Å². The number of ether oxygens (including phenoxy) is 1. The van der Waals surface area contributed by atoms with Crippen LogP contribution in [0.3, 0.4) is 0 Å². The molecule has 0 unspecified atom stereocenters. The molecule has 14 heavy (non-hydrogen) atoms. The molecular weight excluding hydrogens is 200 g/mol. The van der Waals surface area contributed by atoms with Crippen molar-refractivity contribution in [3.8, 4) is 11.5 Å². The minimum Gasteiger partial charge on any atom is -0.504 e. The molecule has 1 aromatic carbocycles. The van der Waals surface area contributed by atoms with Gasteiger partial charge in [0.05, 0.1) is 18.1 Å². The van der Waals surface area contributed by atoms with Crippen LogP contribution in [0.1, 0.15) is 0 Å². The number of methoxy groups -OCH3 is 1. The molecular formula is C7H5F2NO4. The van der Waals surface area contributed by atoms with Gasteiger partial charge in [0.1, 0.15) is 0 Å². The Labute approximate surface area is 76.7 Å². The third kappa shape index (κ3) is 1.43. The van der Waals surface area contributed by atoms with E-state index in [0.29, 0.717) is 6.07 Å². The number of phenols is 1. The molecule has 5 nitrogen and oxygen atoms in total. The van der Waals surface area contributed by atoms with Crippen molar-refractivity contribution in [1.29, 1.82) is 0 Å². The highest BCUT2D eigenvalue weighted by atomic mass is 19.2. The average molecular weight is 205 g/mol. The lowest BCUT2D eigenvalue weighted by atomic mass is 10.2. The van der Waals surface area contributed by atoms with Crippen molar-refractivity contribution in [2.75, 3.05) is 7.11 Å². The molecule has 1 aromatic rings. The van der Waals surface area contributed by atoms with Gasteiger partial charge in [0, 0.05) is 0 Å². The second kappa shape index (κ2) is 3.44. The van der Waals surface area contributed by atoms with E-state index in [4.69, 9.17) is 5.11 Å². The molecule has 0 radical (unpaired) electrons. The maximum Gasteiger partial charge on any atom is 0.311 e. The Kier molecular flexibility index (Phi) is 2.50. The third-order valence-electron chi connectivity index (χ3n) is 1.52. The normalized spacial score (nSPS) is 9.93. The zero-order valence-electron chi connectivity index (χ0n) is 6.95. The van der Waals surface area contributed by atoms with Crippen LogP contribution in [-0.2, 0) is 0 Å². The lowest BCUT2D eigenvalue weighted by molar-refractivity contribution is -0.387. The van der Waals surface area contributed by atoms with E-state index in [1.54, 1.807) is 0 Å². The summed E-state index contributed by atoms with van der Waals surface area (Å²) in [5.41, 5.74) is -1.14. The van der Waals surface area contributed by atoms with Gasteiger partial charge in [-0.05, 0) is 0 Å². The lowest BCUT2D eigenvalue weighted by Crippen LogP contribution is -1.98. The van der Waals surface area contributed by atoms with E-state index in [2.05, 4.69) is 4.74 Å². The molecule has 0 saturated carbocycles. The van der Waals surface area contributed by atoms with Crippen LogP contribution in [0.5, 0.6) is 11.5 Å². The van der Waals surface area contributed by atoms with Gasteiger partial charge in [-0.15, -0.1) is 0 Å². The van der Waals surface area contributed by atoms with E-state index in [9.17, 15) is 18.9 Å². The van der Waals surface area contributed by atoms with Crippen LogP contribution in [0, 0.1) is 21.7 Å². The monoisotopic (exact) mass is 205 g/mol. The summed E-state index contributed by atoms with van der Waals surface area (Å²) >= 11 is 0. The van der Waals surface area contributed by atoms with E-state index in [1.165, 1.54) is 0 Å². The van der Waals surface area contributed by atoms with E-state index < -0.39 is 33.7 Å². The first-order valence-electron chi connectivity index (χ1n) is 3.38. The number of phenolic OH excluding ortho intramolecular Hbond substituents is 1. The number of benzene rings is 1. The quantitative estimate of drug-likeness (QED) is 0.587. The highest BCUT2D eigenvalue weighted by Gasteiger charge is 2.25. The zero-order chi connectivity index (χ0) is 10.9. The van der Waals surface area contributed by atoms with Crippen LogP contribution in [-0.4, -0.2) is 17.1 Å². The van der Waals surface area contributed by atoms with Crippen molar-refractivity contribution >= 4 is 5.69 Å². The number of aromatic hydroxyl groups is 1. The third-order valence-corrected chi connectivity index (χ3v) is 1.52. The van der Waals surface area contributed by atoms with E-state index in [0.717, 1.165) is 7.11 Å². The number of hydrogen-bond acceptors (Lipinski definition) is 4. The van der Waals surface area contributed by atoms with E-state index >= 15 is 0 Å². The zero-order valence-corrected chi connectivity index (χ0v) is 6.95. The molecule has 1 rings (SSSR count). The molecule has 0 bridgehead atoms. The van der Waals surface area contributed by atoms with Crippen LogP contribution in [0.2, 0.25) is 0 Å². The molecule has 0 fully saturated rings. The van der Waals surface area contributed by atoms with E-state index in [1.807, 2.05) is 0 Å². The lowest BCUT2D eigenvalue weighted by Gasteiger charge is -2.04. The summed E-state index contributed by atoms with van der Waals surface area (Å²) in [7, 11) is 1.00. The fourth-order valence-corrected chi connectivity index (χ4v) is 0.910. The Morgan fingerprint density at radius 1 is 1.50 bits per heavy atom. The molecule has 1 N–H and O–H groups in total. The van der Waals surface area contributed by atoms with Crippen molar-refractivity contribution in [3.63, 3.8) is 0 Å². The number of hydrogen-bond donors (Lipinski definition) is 1. The maximum absolute atomic E-state index is 12.9. The Morgan fingerprint density at radius 3 is 2.50 bits per heavy atom. The van der Waals surface area contributed by atoms with Crippen molar-refractivity contribution in [2.45, 2.75) is 0 Å².